The van der Waals surface area contributed by atoms with Crippen LogP contribution in [0, 0.1) is 5.41 Å². The Hall–Kier alpha value is -3.27. The lowest BCUT2D eigenvalue weighted by molar-refractivity contribution is -0.138. The molecule has 3 unspecified atom stereocenters. The molecule has 4 heterocycles. The third-order valence-corrected chi connectivity index (χ3v) is 7.74. The Labute approximate surface area is 209 Å². The highest BCUT2D eigenvalue weighted by atomic mass is 79.9. The Morgan fingerprint density at radius 3 is 2.89 bits per heavy atom. The van der Waals surface area contributed by atoms with Crippen LogP contribution in [0.2, 0.25) is 0 Å². The van der Waals surface area contributed by atoms with Gasteiger partial charge in [-0.2, -0.15) is 5.10 Å². The van der Waals surface area contributed by atoms with Gasteiger partial charge in [-0.15, -0.1) is 0 Å². The predicted octanol–water partition coefficient (Wildman–Crippen LogP) is 3.35. The molecule has 3 aromatic rings. The minimum absolute atomic E-state index is 0.0114. The number of hydrogen-bond donors (Lipinski definition) is 1. The number of Topliss-reactive ketones (excluding diaryl/α,β-unsaturated/α-hetero) is 1. The minimum atomic E-state index is -0.592. The Kier molecular flexibility index (Phi) is 5.00. The Morgan fingerprint density at radius 2 is 2.09 bits per heavy atom. The molecule has 180 valence electrons. The van der Waals surface area contributed by atoms with Crippen molar-refractivity contribution < 1.29 is 19.1 Å². The lowest BCUT2D eigenvalue weighted by atomic mass is 10.0. The number of anilines is 1. The second-order valence-electron chi connectivity index (χ2n) is 9.88. The molecule has 1 aliphatic carbocycles. The normalized spacial score (nSPS) is 25.7. The van der Waals surface area contributed by atoms with Gasteiger partial charge in [0.15, 0.2) is 5.78 Å². The van der Waals surface area contributed by atoms with Crippen molar-refractivity contribution in [3.8, 4) is 5.75 Å². The number of nitrogens with one attached hydrogen (secondary N) is 1. The molecule has 2 bridgehead atoms. The summed E-state index contributed by atoms with van der Waals surface area (Å²) in [4.78, 5) is 45.4. The van der Waals surface area contributed by atoms with Crippen LogP contribution in [-0.4, -0.2) is 56.0 Å². The number of amides is 2. The number of para-hydroxylation sites is 1. The molecular weight excluding hydrogens is 514 g/mol. The molecule has 35 heavy (non-hydrogen) atoms. The van der Waals surface area contributed by atoms with Gasteiger partial charge in [-0.25, -0.2) is 4.98 Å². The van der Waals surface area contributed by atoms with Crippen molar-refractivity contribution in [3.63, 3.8) is 0 Å². The zero-order chi connectivity index (χ0) is 24.5. The number of carbonyl (C=O) groups excluding carboxylic acids is 3. The van der Waals surface area contributed by atoms with E-state index in [-0.39, 0.29) is 35.6 Å². The summed E-state index contributed by atoms with van der Waals surface area (Å²) in [5, 5.41) is 8.07. The van der Waals surface area contributed by atoms with E-state index in [0.29, 0.717) is 52.2 Å². The van der Waals surface area contributed by atoms with Crippen molar-refractivity contribution in [1.82, 2.24) is 19.7 Å². The average Bonchev–Trinajstić information content (AvgIpc) is 3.15. The highest BCUT2D eigenvalue weighted by molar-refractivity contribution is 9.10. The topological polar surface area (TPSA) is 106 Å². The van der Waals surface area contributed by atoms with Gasteiger partial charge in [-0.05, 0) is 57.9 Å². The largest absolute Gasteiger partial charge is 0.491 e. The van der Waals surface area contributed by atoms with Gasteiger partial charge < -0.3 is 15.0 Å². The van der Waals surface area contributed by atoms with Gasteiger partial charge in [0.25, 0.3) is 0 Å². The van der Waals surface area contributed by atoms with E-state index < -0.39 is 6.04 Å². The third-order valence-electron chi connectivity index (χ3n) is 7.33. The second kappa shape index (κ2) is 7.87. The first-order valence-electron chi connectivity index (χ1n) is 11.7. The summed E-state index contributed by atoms with van der Waals surface area (Å²) < 4.78 is 8.29. The molecule has 2 fully saturated rings. The van der Waals surface area contributed by atoms with Crippen molar-refractivity contribution in [2.45, 2.75) is 51.7 Å². The standard InChI is InChI=1S/C25H24BrN5O4/c1-13(32)22-15-4-3-5-17-23(15)30(29-22)12-21(33)31-16(10-25(2)11-18(25)31)24(34)28-20-9-14(6-7-35-17)8-19(26)27-20/h3-5,8-9,16,18H,6-7,10-12H2,1-2H3,(H,27,28,34). The van der Waals surface area contributed by atoms with Gasteiger partial charge in [-0.3, -0.25) is 19.1 Å². The Bertz CT molecular complexity index is 1420. The van der Waals surface area contributed by atoms with Crippen LogP contribution in [0.4, 0.5) is 5.82 Å². The summed E-state index contributed by atoms with van der Waals surface area (Å²) in [5.41, 5.74) is 1.78. The molecule has 3 aliphatic rings. The van der Waals surface area contributed by atoms with Crippen LogP contribution in [0.15, 0.2) is 34.9 Å². The number of aromatic nitrogens is 3. The number of fused-ring (bicyclic) bond motifs is 5. The van der Waals surface area contributed by atoms with Crippen LogP contribution < -0.4 is 10.1 Å². The number of pyridine rings is 1. The van der Waals surface area contributed by atoms with E-state index in [4.69, 9.17) is 4.74 Å². The summed E-state index contributed by atoms with van der Waals surface area (Å²) in [6, 6.07) is 8.59. The van der Waals surface area contributed by atoms with Crippen LogP contribution in [0.25, 0.3) is 10.9 Å². The number of rotatable bonds is 1. The number of hydrogen-bond acceptors (Lipinski definition) is 6. The van der Waals surface area contributed by atoms with E-state index in [9.17, 15) is 14.4 Å². The molecule has 2 aromatic heterocycles. The summed E-state index contributed by atoms with van der Waals surface area (Å²) in [5.74, 6) is 0.360. The fraction of sp³-hybridized carbons (Fsp3) is 0.400. The molecule has 0 radical (unpaired) electrons. The third kappa shape index (κ3) is 3.71. The van der Waals surface area contributed by atoms with Gasteiger partial charge in [-0.1, -0.05) is 19.1 Å². The highest BCUT2D eigenvalue weighted by Crippen LogP contribution is 2.59. The number of ketones is 1. The predicted molar refractivity (Wildman–Crippen MR) is 131 cm³/mol. The van der Waals surface area contributed by atoms with Crippen molar-refractivity contribution in [3.05, 3.63) is 46.2 Å². The molecule has 1 saturated carbocycles. The first-order chi connectivity index (χ1) is 16.7. The first-order valence-corrected chi connectivity index (χ1v) is 12.4. The smallest absolute Gasteiger partial charge is 0.248 e. The first kappa shape index (κ1) is 22.2. The monoisotopic (exact) mass is 537 g/mol. The molecule has 1 aromatic carbocycles. The van der Waals surface area contributed by atoms with Gasteiger partial charge in [0, 0.05) is 24.8 Å². The van der Waals surface area contributed by atoms with Crippen LogP contribution in [0.5, 0.6) is 5.75 Å². The molecule has 3 atom stereocenters. The SMILES string of the molecule is CC(=O)c1nn2c3c(cccc13)OCCc1cc(Br)nc(c1)NC(=O)C1CC3(C)CC3N1C(=O)C2. The quantitative estimate of drug-likeness (QED) is 0.376. The summed E-state index contributed by atoms with van der Waals surface area (Å²) in [7, 11) is 0. The number of carbonyl (C=O) groups is 3. The zero-order valence-corrected chi connectivity index (χ0v) is 21.0. The number of piperidine rings is 1. The molecule has 6 rings (SSSR count). The second-order valence-corrected chi connectivity index (χ2v) is 10.7. The Morgan fingerprint density at radius 1 is 1.26 bits per heavy atom. The van der Waals surface area contributed by atoms with Crippen LogP contribution in [0.3, 0.4) is 0 Å². The van der Waals surface area contributed by atoms with E-state index in [0.717, 1.165) is 12.0 Å². The van der Waals surface area contributed by atoms with E-state index >= 15 is 0 Å². The minimum Gasteiger partial charge on any atom is -0.491 e. The van der Waals surface area contributed by atoms with Gasteiger partial charge in [0.2, 0.25) is 11.8 Å². The van der Waals surface area contributed by atoms with Crippen molar-refractivity contribution >= 4 is 50.2 Å². The molecule has 2 aliphatic heterocycles. The lowest BCUT2D eigenvalue weighted by Crippen LogP contribution is -2.46. The van der Waals surface area contributed by atoms with Crippen LogP contribution >= 0.6 is 15.9 Å². The van der Waals surface area contributed by atoms with Gasteiger partial charge >= 0.3 is 0 Å². The van der Waals surface area contributed by atoms with E-state index in [1.807, 2.05) is 30.3 Å². The van der Waals surface area contributed by atoms with Crippen molar-refractivity contribution in [2.75, 3.05) is 11.9 Å². The maximum Gasteiger partial charge on any atom is 0.248 e. The van der Waals surface area contributed by atoms with Gasteiger partial charge in [0.1, 0.15) is 40.0 Å². The molecule has 0 spiro atoms. The summed E-state index contributed by atoms with van der Waals surface area (Å²) in [6.07, 6.45) is 2.04. The highest BCUT2D eigenvalue weighted by Gasteiger charge is 2.64. The number of ether oxygens (including phenoxy) is 1. The van der Waals surface area contributed by atoms with E-state index in [2.05, 4.69) is 38.3 Å². The van der Waals surface area contributed by atoms with Crippen molar-refractivity contribution in [1.29, 1.82) is 0 Å². The lowest BCUT2D eigenvalue weighted by Gasteiger charge is -2.27. The Balaban J connectivity index is 1.48. The fourth-order valence-corrected chi connectivity index (χ4v) is 6.00. The molecular formula is C25H24BrN5O4. The molecule has 1 saturated heterocycles. The average molecular weight is 538 g/mol. The van der Waals surface area contributed by atoms with E-state index in [1.54, 1.807) is 9.58 Å². The van der Waals surface area contributed by atoms with Gasteiger partial charge in [0.05, 0.1) is 6.61 Å². The summed E-state index contributed by atoms with van der Waals surface area (Å²) >= 11 is 3.43. The zero-order valence-electron chi connectivity index (χ0n) is 19.4. The van der Waals surface area contributed by atoms with Crippen molar-refractivity contribution in [2.24, 2.45) is 5.41 Å². The number of nitrogens with zero attached hydrogens (tertiary/aromatic N) is 4. The molecule has 10 heteroatoms. The molecule has 1 N–H and O–H groups in total. The maximum absolute atomic E-state index is 13.7. The number of halogens is 1. The van der Waals surface area contributed by atoms with Crippen LogP contribution in [0.1, 0.15) is 42.7 Å². The summed E-state index contributed by atoms with van der Waals surface area (Å²) in [6.45, 7) is 3.84. The molecule has 2 amide bonds. The van der Waals surface area contributed by atoms with Crippen LogP contribution in [-0.2, 0) is 22.6 Å². The maximum atomic E-state index is 13.7. The molecule has 9 nitrogen and oxygen atoms in total. The van der Waals surface area contributed by atoms with E-state index in [1.165, 1.54) is 6.92 Å². The fourth-order valence-electron chi connectivity index (χ4n) is 5.51. The number of benzene rings is 1.